The van der Waals surface area contributed by atoms with Gasteiger partial charge in [-0.1, -0.05) is 42.5 Å². The summed E-state index contributed by atoms with van der Waals surface area (Å²) < 4.78 is 5.05. The lowest BCUT2D eigenvalue weighted by Crippen LogP contribution is -1.93. The van der Waals surface area contributed by atoms with Gasteiger partial charge in [-0.15, -0.1) is 0 Å². The Morgan fingerprint density at radius 2 is 1.62 bits per heavy atom. The van der Waals surface area contributed by atoms with Gasteiger partial charge in [-0.25, -0.2) is 4.79 Å². The highest BCUT2D eigenvalue weighted by atomic mass is 16.5. The van der Waals surface area contributed by atoms with Crippen molar-refractivity contribution in [1.82, 2.24) is 0 Å². The second kappa shape index (κ2) is 3.49. The van der Waals surface area contributed by atoms with Crippen molar-refractivity contribution in [2.75, 3.05) is 0 Å². The molecule has 0 spiro atoms. The van der Waals surface area contributed by atoms with Gasteiger partial charge in [0.25, 0.3) is 0 Å². The fourth-order valence-corrected chi connectivity index (χ4v) is 2.04. The zero-order valence-corrected chi connectivity index (χ0v) is 8.64. The zero-order chi connectivity index (χ0) is 11.0. The molecule has 0 N–H and O–H groups in total. The highest BCUT2D eigenvalue weighted by molar-refractivity contribution is 5.96. The number of benzene rings is 2. The van der Waals surface area contributed by atoms with E-state index in [1.165, 1.54) is 0 Å². The molecule has 0 aromatic heterocycles. The molecule has 0 saturated heterocycles. The molecule has 16 heavy (non-hydrogen) atoms. The Kier molecular flexibility index (Phi) is 2.00. The molecule has 0 amide bonds. The minimum absolute atomic E-state index is 0.215. The Labute approximate surface area is 93.5 Å². The Hall–Kier alpha value is -2.09. The number of esters is 1. The maximum atomic E-state index is 11.4. The third-order valence-electron chi connectivity index (χ3n) is 2.83. The average Bonchev–Trinajstić information content (AvgIpc) is 2.73. The Morgan fingerprint density at radius 3 is 2.44 bits per heavy atom. The first-order chi connectivity index (χ1) is 7.86. The van der Waals surface area contributed by atoms with E-state index in [0.29, 0.717) is 12.2 Å². The van der Waals surface area contributed by atoms with Crippen LogP contribution < -0.4 is 0 Å². The van der Waals surface area contributed by atoms with Crippen molar-refractivity contribution in [1.29, 1.82) is 0 Å². The fraction of sp³-hybridized carbons (Fsp3) is 0.0714. The molecule has 0 atom stereocenters. The molecule has 0 saturated carbocycles. The van der Waals surface area contributed by atoms with E-state index in [1.54, 1.807) is 0 Å². The summed E-state index contributed by atoms with van der Waals surface area (Å²) in [6.07, 6.45) is 0. The van der Waals surface area contributed by atoms with E-state index < -0.39 is 0 Å². The highest BCUT2D eigenvalue weighted by Gasteiger charge is 2.23. The van der Waals surface area contributed by atoms with Crippen LogP contribution in [0.4, 0.5) is 0 Å². The number of carbonyl (C=O) groups is 1. The molecule has 1 aliphatic rings. The van der Waals surface area contributed by atoms with E-state index in [9.17, 15) is 4.79 Å². The quantitative estimate of drug-likeness (QED) is 0.676. The molecule has 1 heterocycles. The van der Waals surface area contributed by atoms with E-state index in [-0.39, 0.29) is 5.97 Å². The normalized spacial score (nSPS) is 13.4. The van der Waals surface area contributed by atoms with E-state index in [1.807, 2.05) is 48.5 Å². The van der Waals surface area contributed by atoms with Crippen LogP contribution in [-0.4, -0.2) is 5.97 Å². The number of hydrogen-bond acceptors (Lipinski definition) is 2. The number of rotatable bonds is 1. The molecule has 0 fully saturated rings. The smallest absolute Gasteiger partial charge is 0.338 e. The lowest BCUT2D eigenvalue weighted by Gasteiger charge is -2.05. The van der Waals surface area contributed by atoms with Crippen molar-refractivity contribution in [3.63, 3.8) is 0 Å². The Balaban J connectivity index is 2.20. The average molecular weight is 210 g/mol. The second-order valence-corrected chi connectivity index (χ2v) is 3.77. The summed E-state index contributed by atoms with van der Waals surface area (Å²) in [4.78, 5) is 11.4. The molecule has 78 valence electrons. The molecule has 0 bridgehead atoms. The lowest BCUT2D eigenvalue weighted by atomic mass is 9.97. The molecule has 0 aliphatic carbocycles. The van der Waals surface area contributed by atoms with Crippen molar-refractivity contribution in [2.24, 2.45) is 0 Å². The van der Waals surface area contributed by atoms with Gasteiger partial charge in [0.05, 0.1) is 5.56 Å². The number of cyclic esters (lactones) is 1. The van der Waals surface area contributed by atoms with Crippen molar-refractivity contribution >= 4 is 5.97 Å². The number of carbonyl (C=O) groups excluding carboxylic acids is 1. The minimum Gasteiger partial charge on any atom is -0.457 e. The molecular formula is C14H10O2. The summed E-state index contributed by atoms with van der Waals surface area (Å²) in [5.41, 5.74) is 3.90. The maximum Gasteiger partial charge on any atom is 0.338 e. The minimum atomic E-state index is -0.215. The molecule has 2 nitrogen and oxygen atoms in total. The summed E-state index contributed by atoms with van der Waals surface area (Å²) in [6, 6.07) is 15.8. The molecule has 0 radical (unpaired) electrons. The molecule has 2 aromatic carbocycles. The molecule has 0 unspecified atom stereocenters. The van der Waals surface area contributed by atoms with Crippen LogP contribution in [0.2, 0.25) is 0 Å². The Morgan fingerprint density at radius 1 is 0.875 bits per heavy atom. The van der Waals surface area contributed by atoms with Crippen molar-refractivity contribution in [3.05, 3.63) is 59.7 Å². The number of fused-ring (bicyclic) bond motifs is 1. The first-order valence-corrected chi connectivity index (χ1v) is 5.21. The monoisotopic (exact) mass is 210 g/mol. The van der Waals surface area contributed by atoms with Crippen LogP contribution in [0.1, 0.15) is 15.9 Å². The van der Waals surface area contributed by atoms with Crippen molar-refractivity contribution < 1.29 is 9.53 Å². The van der Waals surface area contributed by atoms with Crippen LogP contribution in [0.5, 0.6) is 0 Å². The van der Waals surface area contributed by atoms with Gasteiger partial charge in [-0.2, -0.15) is 0 Å². The van der Waals surface area contributed by atoms with Gasteiger partial charge in [-0.3, -0.25) is 0 Å². The van der Waals surface area contributed by atoms with Gasteiger partial charge in [0.2, 0.25) is 0 Å². The third kappa shape index (κ3) is 1.31. The predicted octanol–water partition coefficient (Wildman–Crippen LogP) is 3.02. The molecule has 1 aliphatic heterocycles. The second-order valence-electron chi connectivity index (χ2n) is 3.77. The third-order valence-corrected chi connectivity index (χ3v) is 2.83. The van der Waals surface area contributed by atoms with Gasteiger partial charge >= 0.3 is 5.97 Å². The molecule has 3 rings (SSSR count). The first kappa shape index (κ1) is 9.16. The standard InChI is InChI=1S/C14H10O2/c15-14-12-8-4-7-11(13(12)9-16-14)10-5-2-1-3-6-10/h1-8H,9H2. The molecular weight excluding hydrogens is 200 g/mol. The van der Waals surface area contributed by atoms with Crippen LogP contribution in [0.25, 0.3) is 11.1 Å². The Bertz CT molecular complexity index is 544. The van der Waals surface area contributed by atoms with Gasteiger partial charge in [0.15, 0.2) is 0 Å². The van der Waals surface area contributed by atoms with Gasteiger partial charge < -0.3 is 4.74 Å². The van der Waals surface area contributed by atoms with E-state index >= 15 is 0 Å². The predicted molar refractivity (Wildman–Crippen MR) is 61.0 cm³/mol. The van der Waals surface area contributed by atoms with Crippen molar-refractivity contribution in [2.45, 2.75) is 6.61 Å². The van der Waals surface area contributed by atoms with Crippen LogP contribution in [0, 0.1) is 0 Å². The van der Waals surface area contributed by atoms with E-state index in [0.717, 1.165) is 16.7 Å². The molecule has 2 aromatic rings. The van der Waals surface area contributed by atoms with Gasteiger partial charge in [-0.05, 0) is 17.2 Å². The van der Waals surface area contributed by atoms with Gasteiger partial charge in [0, 0.05) is 5.56 Å². The highest BCUT2D eigenvalue weighted by Crippen LogP contribution is 2.30. The summed E-state index contributed by atoms with van der Waals surface area (Å²) >= 11 is 0. The van der Waals surface area contributed by atoms with E-state index in [2.05, 4.69) is 0 Å². The van der Waals surface area contributed by atoms with Crippen LogP contribution in [0.3, 0.4) is 0 Å². The van der Waals surface area contributed by atoms with Gasteiger partial charge in [0.1, 0.15) is 6.61 Å². The largest absolute Gasteiger partial charge is 0.457 e. The summed E-state index contributed by atoms with van der Waals surface area (Å²) in [7, 11) is 0. The number of ether oxygens (including phenoxy) is 1. The lowest BCUT2D eigenvalue weighted by molar-refractivity contribution is 0.0535. The summed E-state index contributed by atoms with van der Waals surface area (Å²) in [5.74, 6) is -0.215. The van der Waals surface area contributed by atoms with Crippen LogP contribution in [0.15, 0.2) is 48.5 Å². The van der Waals surface area contributed by atoms with Crippen LogP contribution >= 0.6 is 0 Å². The maximum absolute atomic E-state index is 11.4. The van der Waals surface area contributed by atoms with Crippen molar-refractivity contribution in [3.8, 4) is 11.1 Å². The fourth-order valence-electron chi connectivity index (χ4n) is 2.04. The SMILES string of the molecule is O=C1OCc2c1cccc2-c1ccccc1. The number of hydrogen-bond donors (Lipinski definition) is 0. The first-order valence-electron chi connectivity index (χ1n) is 5.21. The summed E-state index contributed by atoms with van der Waals surface area (Å²) in [6.45, 7) is 0.388. The van der Waals surface area contributed by atoms with Crippen LogP contribution in [-0.2, 0) is 11.3 Å². The summed E-state index contributed by atoms with van der Waals surface area (Å²) in [5, 5.41) is 0. The molecule has 2 heteroatoms. The zero-order valence-electron chi connectivity index (χ0n) is 8.64. The topological polar surface area (TPSA) is 26.3 Å². The van der Waals surface area contributed by atoms with E-state index in [4.69, 9.17) is 4.74 Å².